The summed E-state index contributed by atoms with van der Waals surface area (Å²) in [6, 6.07) is 3.52. The summed E-state index contributed by atoms with van der Waals surface area (Å²) in [7, 11) is 0. The minimum atomic E-state index is -0.213. The van der Waals surface area contributed by atoms with Gasteiger partial charge in [0.2, 0.25) is 0 Å². The molecule has 0 aliphatic rings. The fraction of sp³-hybridized carbons (Fsp3) is 0.545. The molecule has 0 aliphatic carbocycles. The van der Waals surface area contributed by atoms with Crippen molar-refractivity contribution < 1.29 is 9.21 Å². The standard InChI is InChI=1S/C11H16ClNO2/c1-4-7(2)13-11(14)10-6-5-9(15-10)8(3)12/h5-8H,4H2,1-3H3,(H,13,14). The molecule has 1 heterocycles. The molecule has 1 aromatic rings. The quantitative estimate of drug-likeness (QED) is 0.807. The van der Waals surface area contributed by atoms with Crippen LogP contribution in [0.1, 0.15) is 48.9 Å². The van der Waals surface area contributed by atoms with Gasteiger partial charge in [-0.3, -0.25) is 4.79 Å². The zero-order chi connectivity index (χ0) is 11.4. The molecule has 1 rings (SSSR count). The fourth-order valence-electron chi connectivity index (χ4n) is 1.09. The molecule has 3 nitrogen and oxygen atoms in total. The molecule has 0 saturated carbocycles. The Labute approximate surface area is 94.8 Å². The Morgan fingerprint density at radius 2 is 2.20 bits per heavy atom. The van der Waals surface area contributed by atoms with Crippen LogP contribution in [0.25, 0.3) is 0 Å². The van der Waals surface area contributed by atoms with Gasteiger partial charge in [-0.05, 0) is 32.4 Å². The maximum absolute atomic E-state index is 11.6. The van der Waals surface area contributed by atoms with Crippen molar-refractivity contribution in [2.24, 2.45) is 0 Å². The fourth-order valence-corrected chi connectivity index (χ4v) is 1.20. The molecule has 0 bridgehead atoms. The molecule has 0 saturated heterocycles. The number of furan rings is 1. The Kier molecular flexibility index (Phi) is 4.21. The lowest BCUT2D eigenvalue weighted by Crippen LogP contribution is -2.31. The number of alkyl halides is 1. The summed E-state index contributed by atoms with van der Waals surface area (Å²) in [6.07, 6.45) is 0.894. The predicted molar refractivity (Wildman–Crippen MR) is 60.2 cm³/mol. The molecule has 4 heteroatoms. The van der Waals surface area contributed by atoms with Gasteiger partial charge in [-0.25, -0.2) is 0 Å². The number of hydrogen-bond acceptors (Lipinski definition) is 2. The summed E-state index contributed by atoms with van der Waals surface area (Å²) in [5, 5.41) is 2.61. The molecule has 0 aromatic carbocycles. The van der Waals surface area contributed by atoms with Crippen LogP contribution in [0.2, 0.25) is 0 Å². The van der Waals surface area contributed by atoms with Crippen LogP contribution in [0.4, 0.5) is 0 Å². The van der Waals surface area contributed by atoms with Gasteiger partial charge >= 0.3 is 0 Å². The molecule has 2 atom stereocenters. The third-order valence-corrected chi connectivity index (χ3v) is 2.45. The summed E-state index contributed by atoms with van der Waals surface area (Å²) >= 11 is 5.83. The highest BCUT2D eigenvalue weighted by atomic mass is 35.5. The number of carbonyl (C=O) groups excluding carboxylic acids is 1. The second kappa shape index (κ2) is 5.21. The zero-order valence-electron chi connectivity index (χ0n) is 9.21. The van der Waals surface area contributed by atoms with Gasteiger partial charge in [-0.15, -0.1) is 11.6 Å². The molecule has 0 aliphatic heterocycles. The number of carbonyl (C=O) groups is 1. The topological polar surface area (TPSA) is 42.2 Å². The average molecular weight is 230 g/mol. The monoisotopic (exact) mass is 229 g/mol. The Morgan fingerprint density at radius 1 is 1.53 bits per heavy atom. The molecule has 0 fully saturated rings. The van der Waals surface area contributed by atoms with E-state index in [0.717, 1.165) is 6.42 Å². The first kappa shape index (κ1) is 12.1. The van der Waals surface area contributed by atoms with Gasteiger partial charge in [0.1, 0.15) is 5.76 Å². The third-order valence-electron chi connectivity index (χ3n) is 2.23. The second-order valence-corrected chi connectivity index (χ2v) is 4.26. The SMILES string of the molecule is CCC(C)NC(=O)c1ccc(C(C)Cl)o1. The first-order valence-corrected chi connectivity index (χ1v) is 5.53. The number of rotatable bonds is 4. The van der Waals surface area contributed by atoms with Crippen molar-refractivity contribution in [3.05, 3.63) is 23.7 Å². The highest BCUT2D eigenvalue weighted by molar-refractivity contribution is 6.20. The van der Waals surface area contributed by atoms with Crippen LogP contribution in [0.3, 0.4) is 0 Å². The highest BCUT2D eigenvalue weighted by Gasteiger charge is 2.14. The Balaban J connectivity index is 2.66. The predicted octanol–water partition coefficient (Wildman–Crippen LogP) is 3.11. The van der Waals surface area contributed by atoms with Crippen LogP contribution in [-0.2, 0) is 0 Å². The van der Waals surface area contributed by atoms with E-state index in [1.54, 1.807) is 19.1 Å². The molecule has 0 radical (unpaired) electrons. The van der Waals surface area contributed by atoms with Crippen LogP contribution < -0.4 is 5.32 Å². The van der Waals surface area contributed by atoms with Crippen LogP contribution >= 0.6 is 11.6 Å². The molecule has 0 spiro atoms. The molecule has 2 unspecified atom stereocenters. The lowest BCUT2D eigenvalue weighted by molar-refractivity contribution is 0.0909. The maximum Gasteiger partial charge on any atom is 0.287 e. The lowest BCUT2D eigenvalue weighted by Gasteiger charge is -2.09. The van der Waals surface area contributed by atoms with Crippen LogP contribution in [-0.4, -0.2) is 11.9 Å². The number of nitrogens with one attached hydrogen (secondary N) is 1. The first-order chi connectivity index (χ1) is 7.04. The van der Waals surface area contributed by atoms with Gasteiger partial charge in [0.25, 0.3) is 5.91 Å². The molecule has 15 heavy (non-hydrogen) atoms. The van der Waals surface area contributed by atoms with E-state index in [1.807, 2.05) is 13.8 Å². The van der Waals surface area contributed by atoms with Crippen LogP contribution in [0.15, 0.2) is 16.5 Å². The van der Waals surface area contributed by atoms with Crippen molar-refractivity contribution in [1.29, 1.82) is 0 Å². The van der Waals surface area contributed by atoms with Crippen molar-refractivity contribution in [3.63, 3.8) is 0 Å². The van der Waals surface area contributed by atoms with Gasteiger partial charge < -0.3 is 9.73 Å². The van der Waals surface area contributed by atoms with E-state index in [0.29, 0.717) is 11.5 Å². The summed E-state index contributed by atoms with van der Waals surface area (Å²) < 4.78 is 5.31. The number of amides is 1. The summed E-state index contributed by atoms with van der Waals surface area (Å²) in [4.78, 5) is 11.6. The third kappa shape index (κ3) is 3.27. The van der Waals surface area contributed by atoms with Gasteiger partial charge in [0.15, 0.2) is 5.76 Å². The Morgan fingerprint density at radius 3 is 2.67 bits per heavy atom. The number of hydrogen-bond donors (Lipinski definition) is 1. The van der Waals surface area contributed by atoms with Crippen molar-refractivity contribution in [1.82, 2.24) is 5.32 Å². The van der Waals surface area contributed by atoms with Crippen LogP contribution in [0, 0.1) is 0 Å². The Bertz CT molecular complexity index is 333. The smallest absolute Gasteiger partial charge is 0.287 e. The van der Waals surface area contributed by atoms with E-state index >= 15 is 0 Å². The minimum Gasteiger partial charge on any atom is -0.454 e. The van der Waals surface area contributed by atoms with E-state index in [2.05, 4.69) is 5.32 Å². The van der Waals surface area contributed by atoms with E-state index in [9.17, 15) is 4.79 Å². The van der Waals surface area contributed by atoms with Gasteiger partial charge in [-0.1, -0.05) is 6.92 Å². The lowest BCUT2D eigenvalue weighted by atomic mass is 10.2. The van der Waals surface area contributed by atoms with E-state index in [4.69, 9.17) is 16.0 Å². The average Bonchev–Trinajstić information content (AvgIpc) is 2.66. The van der Waals surface area contributed by atoms with Crippen molar-refractivity contribution in [2.45, 2.75) is 38.6 Å². The molecule has 84 valence electrons. The van der Waals surface area contributed by atoms with Gasteiger partial charge in [-0.2, -0.15) is 0 Å². The maximum atomic E-state index is 11.6. The molecular formula is C11H16ClNO2. The zero-order valence-corrected chi connectivity index (χ0v) is 9.97. The van der Waals surface area contributed by atoms with Crippen molar-refractivity contribution >= 4 is 17.5 Å². The van der Waals surface area contributed by atoms with Crippen LogP contribution in [0.5, 0.6) is 0 Å². The Hall–Kier alpha value is -0.960. The molecule has 1 N–H and O–H groups in total. The van der Waals surface area contributed by atoms with Crippen molar-refractivity contribution in [2.75, 3.05) is 0 Å². The first-order valence-electron chi connectivity index (χ1n) is 5.09. The van der Waals surface area contributed by atoms with Crippen molar-refractivity contribution in [3.8, 4) is 0 Å². The normalized spacial score (nSPS) is 14.7. The van der Waals surface area contributed by atoms with Gasteiger partial charge in [0.05, 0.1) is 5.38 Å². The van der Waals surface area contributed by atoms with E-state index in [1.165, 1.54) is 0 Å². The second-order valence-electron chi connectivity index (χ2n) is 3.60. The summed E-state index contributed by atoms with van der Waals surface area (Å²) in [6.45, 7) is 5.77. The summed E-state index contributed by atoms with van der Waals surface area (Å²) in [5.41, 5.74) is 0. The van der Waals surface area contributed by atoms with Gasteiger partial charge in [0, 0.05) is 6.04 Å². The molecule has 1 aromatic heterocycles. The molecule has 1 amide bonds. The van der Waals surface area contributed by atoms with E-state index in [-0.39, 0.29) is 17.3 Å². The summed E-state index contributed by atoms with van der Waals surface area (Å²) in [5.74, 6) is 0.747. The minimum absolute atomic E-state index is 0.152. The largest absolute Gasteiger partial charge is 0.454 e. The van der Waals surface area contributed by atoms with E-state index < -0.39 is 0 Å². The highest BCUT2D eigenvalue weighted by Crippen LogP contribution is 2.21. The molecular weight excluding hydrogens is 214 g/mol. The number of halogens is 1.